The summed E-state index contributed by atoms with van der Waals surface area (Å²) in [5, 5.41) is 0. The molecule has 0 heterocycles. The van der Waals surface area contributed by atoms with E-state index in [1.807, 2.05) is 6.92 Å². The first-order valence-corrected chi connectivity index (χ1v) is 11.5. The highest BCUT2D eigenvalue weighted by atomic mass is 79.9. The Morgan fingerprint density at radius 2 is 1.95 bits per heavy atom. The van der Waals surface area contributed by atoms with Gasteiger partial charge in [0.05, 0.1) is 11.1 Å². The van der Waals surface area contributed by atoms with Crippen molar-refractivity contribution in [2.45, 2.75) is 32.6 Å². The highest BCUT2D eigenvalue weighted by Gasteiger charge is 2.13. The number of carbonyl (C=O) groups excluding carboxylic acids is 1. The van der Waals surface area contributed by atoms with Crippen LogP contribution in [0, 0.1) is 0 Å². The van der Waals surface area contributed by atoms with Crippen molar-refractivity contribution < 1.29 is 19.0 Å². The van der Waals surface area contributed by atoms with E-state index in [-0.39, 0.29) is 6.79 Å². The van der Waals surface area contributed by atoms with Crippen molar-refractivity contribution in [3.8, 4) is 11.5 Å². The zero-order chi connectivity index (χ0) is 15.9. The lowest BCUT2D eigenvalue weighted by Gasteiger charge is -2.16. The van der Waals surface area contributed by atoms with Crippen molar-refractivity contribution in [1.82, 2.24) is 0 Å². The molecule has 4 nitrogen and oxygen atoms in total. The van der Waals surface area contributed by atoms with Crippen molar-refractivity contribution in [1.29, 1.82) is 0 Å². The van der Waals surface area contributed by atoms with E-state index in [0.29, 0.717) is 34.7 Å². The fourth-order valence-electron chi connectivity index (χ4n) is 1.57. The highest BCUT2D eigenvalue weighted by molar-refractivity contribution is 9.10. The van der Waals surface area contributed by atoms with Gasteiger partial charge in [-0.05, 0) is 35.0 Å². The van der Waals surface area contributed by atoms with Crippen LogP contribution < -0.4 is 9.47 Å². The van der Waals surface area contributed by atoms with E-state index in [4.69, 9.17) is 14.2 Å². The van der Waals surface area contributed by atoms with Gasteiger partial charge in [0.1, 0.15) is 11.5 Å². The molecule has 0 radical (unpaired) electrons. The van der Waals surface area contributed by atoms with E-state index in [1.54, 1.807) is 12.1 Å². The first kappa shape index (κ1) is 18.2. The van der Waals surface area contributed by atoms with E-state index in [0.717, 1.165) is 12.3 Å². The number of aldehydes is 1. The molecular formula is C15H23BrO4Si. The van der Waals surface area contributed by atoms with Gasteiger partial charge in [-0.15, -0.1) is 0 Å². The lowest BCUT2D eigenvalue weighted by Crippen LogP contribution is -2.22. The molecule has 0 saturated carbocycles. The molecule has 1 rings (SSSR count). The summed E-state index contributed by atoms with van der Waals surface area (Å²) in [6.07, 6.45) is 0.769. The van der Waals surface area contributed by atoms with E-state index in [9.17, 15) is 4.79 Å². The fourth-order valence-corrected chi connectivity index (χ4v) is 2.76. The number of hydrogen-bond donors (Lipinski definition) is 0. The molecule has 0 spiro atoms. The maximum atomic E-state index is 11.1. The standard InChI is InChI=1S/C15H23BrO4Si/c1-5-19-14-9-13(8-12(10-17)15(14)16)20-11-18-6-7-21(2,3)4/h8-10H,5-7,11H2,1-4H3. The Morgan fingerprint density at radius 1 is 1.24 bits per heavy atom. The van der Waals surface area contributed by atoms with Crippen molar-refractivity contribution in [2.75, 3.05) is 20.0 Å². The van der Waals surface area contributed by atoms with Crippen LogP contribution in [0.25, 0.3) is 0 Å². The Labute approximate surface area is 135 Å². The molecule has 118 valence electrons. The maximum absolute atomic E-state index is 11.1. The van der Waals surface area contributed by atoms with Crippen LogP contribution >= 0.6 is 15.9 Å². The molecule has 0 saturated heterocycles. The monoisotopic (exact) mass is 374 g/mol. The first-order chi connectivity index (χ1) is 9.87. The minimum atomic E-state index is -1.08. The first-order valence-electron chi connectivity index (χ1n) is 6.99. The number of carbonyl (C=O) groups is 1. The maximum Gasteiger partial charge on any atom is 0.189 e. The molecule has 0 aromatic heterocycles. The van der Waals surface area contributed by atoms with Gasteiger partial charge in [-0.1, -0.05) is 19.6 Å². The van der Waals surface area contributed by atoms with Crippen molar-refractivity contribution in [3.05, 3.63) is 22.2 Å². The van der Waals surface area contributed by atoms with Crippen LogP contribution in [0.5, 0.6) is 11.5 Å². The van der Waals surface area contributed by atoms with Gasteiger partial charge in [0.2, 0.25) is 0 Å². The zero-order valence-electron chi connectivity index (χ0n) is 13.1. The molecule has 0 aliphatic carbocycles. The molecule has 1 aromatic carbocycles. The number of benzene rings is 1. The molecular weight excluding hydrogens is 352 g/mol. The lowest BCUT2D eigenvalue weighted by atomic mass is 10.2. The number of halogens is 1. The average molecular weight is 375 g/mol. The second-order valence-corrected chi connectivity index (χ2v) is 12.3. The summed E-state index contributed by atoms with van der Waals surface area (Å²) in [4.78, 5) is 11.1. The Kier molecular flexibility index (Phi) is 7.41. The summed E-state index contributed by atoms with van der Waals surface area (Å²) < 4.78 is 17.1. The third-order valence-electron chi connectivity index (χ3n) is 2.77. The second kappa shape index (κ2) is 8.56. The Morgan fingerprint density at radius 3 is 2.52 bits per heavy atom. The normalized spacial score (nSPS) is 11.3. The van der Waals surface area contributed by atoms with Crippen LogP contribution in [0.15, 0.2) is 16.6 Å². The van der Waals surface area contributed by atoms with Crippen molar-refractivity contribution in [2.24, 2.45) is 0 Å². The Bertz CT molecular complexity index is 471. The van der Waals surface area contributed by atoms with E-state index in [1.165, 1.54) is 0 Å². The Hall–Kier alpha value is -0.853. The summed E-state index contributed by atoms with van der Waals surface area (Å²) in [5.74, 6) is 1.16. The van der Waals surface area contributed by atoms with Crippen LogP contribution in [0.3, 0.4) is 0 Å². The number of hydrogen-bond acceptors (Lipinski definition) is 4. The van der Waals surface area contributed by atoms with Crippen molar-refractivity contribution in [3.63, 3.8) is 0 Å². The largest absolute Gasteiger partial charge is 0.493 e. The summed E-state index contributed by atoms with van der Waals surface area (Å²) in [5.41, 5.74) is 0.498. The van der Waals surface area contributed by atoms with Crippen LogP contribution in [-0.4, -0.2) is 34.4 Å². The summed E-state index contributed by atoms with van der Waals surface area (Å²) in [6, 6.07) is 4.52. The molecule has 6 heteroatoms. The summed E-state index contributed by atoms with van der Waals surface area (Å²) >= 11 is 3.35. The van der Waals surface area contributed by atoms with Gasteiger partial charge < -0.3 is 14.2 Å². The quantitative estimate of drug-likeness (QED) is 0.279. The third-order valence-corrected chi connectivity index (χ3v) is 5.33. The molecule has 0 unspecified atom stereocenters. The minimum Gasteiger partial charge on any atom is -0.493 e. The van der Waals surface area contributed by atoms with Gasteiger partial charge in [0.15, 0.2) is 13.1 Å². The predicted octanol–water partition coefficient (Wildman–Crippen LogP) is 4.35. The van der Waals surface area contributed by atoms with Crippen LogP contribution in [0.1, 0.15) is 17.3 Å². The molecule has 0 fully saturated rings. The molecule has 1 aromatic rings. The zero-order valence-corrected chi connectivity index (χ0v) is 15.7. The van der Waals surface area contributed by atoms with Gasteiger partial charge >= 0.3 is 0 Å². The van der Waals surface area contributed by atoms with Gasteiger partial charge in [-0.2, -0.15) is 0 Å². The molecule has 0 atom stereocenters. The minimum absolute atomic E-state index is 0.177. The van der Waals surface area contributed by atoms with E-state index in [2.05, 4.69) is 35.6 Å². The Balaban J connectivity index is 2.58. The van der Waals surface area contributed by atoms with Gasteiger partial charge in [-0.25, -0.2) is 0 Å². The average Bonchev–Trinajstić information content (AvgIpc) is 2.40. The molecule has 0 N–H and O–H groups in total. The summed E-state index contributed by atoms with van der Waals surface area (Å²) in [7, 11) is -1.08. The van der Waals surface area contributed by atoms with Gasteiger partial charge in [0.25, 0.3) is 0 Å². The van der Waals surface area contributed by atoms with Crippen LogP contribution in [0.2, 0.25) is 25.7 Å². The van der Waals surface area contributed by atoms with Gasteiger partial charge in [0, 0.05) is 26.3 Å². The third kappa shape index (κ3) is 6.63. The van der Waals surface area contributed by atoms with Crippen LogP contribution in [0.4, 0.5) is 0 Å². The highest BCUT2D eigenvalue weighted by Crippen LogP contribution is 2.32. The predicted molar refractivity (Wildman–Crippen MR) is 90.3 cm³/mol. The number of rotatable bonds is 9. The molecule has 21 heavy (non-hydrogen) atoms. The van der Waals surface area contributed by atoms with Crippen molar-refractivity contribution >= 4 is 30.3 Å². The smallest absolute Gasteiger partial charge is 0.189 e. The second-order valence-electron chi connectivity index (χ2n) is 5.86. The van der Waals surface area contributed by atoms with Crippen LogP contribution in [-0.2, 0) is 4.74 Å². The SMILES string of the molecule is CCOc1cc(OCOCC[Si](C)(C)C)cc(C=O)c1Br. The van der Waals surface area contributed by atoms with Gasteiger partial charge in [-0.3, -0.25) is 4.79 Å². The molecule has 0 amide bonds. The lowest BCUT2D eigenvalue weighted by molar-refractivity contribution is 0.0219. The topological polar surface area (TPSA) is 44.8 Å². The summed E-state index contributed by atoms with van der Waals surface area (Å²) in [6.45, 7) is 10.2. The molecule has 0 bridgehead atoms. The van der Waals surface area contributed by atoms with E-state index >= 15 is 0 Å². The fraction of sp³-hybridized carbons (Fsp3) is 0.533. The number of ether oxygens (including phenoxy) is 3. The van der Waals surface area contributed by atoms with E-state index < -0.39 is 8.07 Å². The molecule has 0 aliphatic heterocycles. The molecule has 0 aliphatic rings.